The number of hydrogen-bond acceptors (Lipinski definition) is 3. The van der Waals surface area contributed by atoms with E-state index >= 15 is 0 Å². The third-order valence-corrected chi connectivity index (χ3v) is 4.66. The number of phenolic OH excluding ortho intramolecular Hbond substituents is 1. The Morgan fingerprint density at radius 3 is 2.96 bits per heavy atom. The molecule has 24 heavy (non-hydrogen) atoms. The first-order valence-electron chi connectivity index (χ1n) is 9.15. The van der Waals surface area contributed by atoms with Gasteiger partial charge in [-0.25, -0.2) is 0 Å². The molecule has 1 aromatic carbocycles. The van der Waals surface area contributed by atoms with E-state index < -0.39 is 0 Å². The van der Waals surface area contributed by atoms with Gasteiger partial charge in [0.25, 0.3) is 0 Å². The van der Waals surface area contributed by atoms with Crippen molar-refractivity contribution in [2.24, 2.45) is 4.99 Å². The Balaban J connectivity index is 1.91. The van der Waals surface area contributed by atoms with Gasteiger partial charge in [0, 0.05) is 32.7 Å². The first-order valence-corrected chi connectivity index (χ1v) is 9.15. The molecule has 1 aliphatic heterocycles. The largest absolute Gasteiger partial charge is 0.508 e. The van der Waals surface area contributed by atoms with Gasteiger partial charge >= 0.3 is 0 Å². The van der Waals surface area contributed by atoms with E-state index in [1.165, 1.54) is 19.4 Å². The number of nitrogens with zero attached hydrogens (tertiary/aromatic N) is 3. The van der Waals surface area contributed by atoms with Crippen LogP contribution in [0.2, 0.25) is 0 Å². The van der Waals surface area contributed by atoms with Crippen LogP contribution in [0.1, 0.15) is 32.3 Å². The van der Waals surface area contributed by atoms with Gasteiger partial charge in [-0.05, 0) is 57.0 Å². The summed E-state index contributed by atoms with van der Waals surface area (Å²) in [5.74, 6) is 1.29. The van der Waals surface area contributed by atoms with Crippen molar-refractivity contribution in [2.45, 2.75) is 39.2 Å². The quantitative estimate of drug-likeness (QED) is 0.594. The Bertz CT molecular complexity index is 532. The predicted octanol–water partition coefficient (Wildman–Crippen LogP) is 2.32. The summed E-state index contributed by atoms with van der Waals surface area (Å²) in [6, 6.07) is 8.05. The van der Waals surface area contributed by atoms with Crippen molar-refractivity contribution in [1.29, 1.82) is 0 Å². The van der Waals surface area contributed by atoms with Crippen LogP contribution in [-0.2, 0) is 6.42 Å². The van der Waals surface area contributed by atoms with E-state index in [-0.39, 0.29) is 0 Å². The molecule has 0 bridgehead atoms. The zero-order chi connectivity index (χ0) is 17.4. The number of phenols is 1. The summed E-state index contributed by atoms with van der Waals surface area (Å²) in [6.07, 6.45) is 3.42. The average molecular weight is 332 g/mol. The molecule has 1 atom stereocenters. The Kier molecular flexibility index (Phi) is 7.37. The van der Waals surface area contributed by atoms with E-state index in [0.29, 0.717) is 11.8 Å². The van der Waals surface area contributed by atoms with Crippen molar-refractivity contribution < 1.29 is 5.11 Å². The van der Waals surface area contributed by atoms with Crippen LogP contribution in [0.25, 0.3) is 0 Å². The van der Waals surface area contributed by atoms with Gasteiger partial charge in [0.1, 0.15) is 5.75 Å². The summed E-state index contributed by atoms with van der Waals surface area (Å²) >= 11 is 0. The molecular weight excluding hydrogens is 300 g/mol. The molecular formula is C19H32N4O. The number of aliphatic imine (C=N–C) groups is 1. The molecule has 1 heterocycles. The van der Waals surface area contributed by atoms with E-state index in [9.17, 15) is 5.11 Å². The van der Waals surface area contributed by atoms with Crippen LogP contribution in [0.15, 0.2) is 29.3 Å². The molecule has 1 saturated heterocycles. The Morgan fingerprint density at radius 2 is 2.25 bits per heavy atom. The van der Waals surface area contributed by atoms with Gasteiger partial charge < -0.3 is 15.3 Å². The van der Waals surface area contributed by atoms with Crippen molar-refractivity contribution in [3.63, 3.8) is 0 Å². The second-order valence-corrected chi connectivity index (χ2v) is 6.46. The lowest BCUT2D eigenvalue weighted by molar-refractivity contribution is 0.232. The number of rotatable bonds is 7. The van der Waals surface area contributed by atoms with E-state index in [1.54, 1.807) is 6.07 Å². The summed E-state index contributed by atoms with van der Waals surface area (Å²) in [7, 11) is 2.13. The first kappa shape index (κ1) is 18.6. The number of nitrogens with one attached hydrogen (secondary N) is 1. The molecule has 0 aliphatic carbocycles. The molecule has 1 fully saturated rings. The van der Waals surface area contributed by atoms with Gasteiger partial charge in [0.2, 0.25) is 0 Å². The van der Waals surface area contributed by atoms with Crippen molar-refractivity contribution in [1.82, 2.24) is 15.1 Å². The minimum Gasteiger partial charge on any atom is -0.508 e. The number of benzene rings is 1. The molecule has 134 valence electrons. The fourth-order valence-corrected chi connectivity index (χ4v) is 3.39. The highest BCUT2D eigenvalue weighted by Gasteiger charge is 2.24. The summed E-state index contributed by atoms with van der Waals surface area (Å²) in [5.41, 5.74) is 1.12. The maximum absolute atomic E-state index is 9.54. The lowest BCUT2D eigenvalue weighted by Gasteiger charge is -2.29. The Hall–Kier alpha value is -1.75. The van der Waals surface area contributed by atoms with Gasteiger partial charge in [-0.2, -0.15) is 0 Å². The number of guanidine groups is 1. The second kappa shape index (κ2) is 9.52. The fraction of sp³-hybridized carbons (Fsp3) is 0.632. The normalized spacial score (nSPS) is 18.8. The molecule has 2 rings (SSSR count). The van der Waals surface area contributed by atoms with Crippen LogP contribution in [0, 0.1) is 0 Å². The van der Waals surface area contributed by atoms with E-state index in [0.717, 1.165) is 44.1 Å². The Labute approximate surface area is 146 Å². The van der Waals surface area contributed by atoms with Crippen molar-refractivity contribution >= 4 is 5.96 Å². The second-order valence-electron chi connectivity index (χ2n) is 6.46. The topological polar surface area (TPSA) is 51.1 Å². The summed E-state index contributed by atoms with van der Waals surface area (Å²) in [4.78, 5) is 9.58. The third-order valence-electron chi connectivity index (χ3n) is 4.66. The Morgan fingerprint density at radius 1 is 1.42 bits per heavy atom. The fourth-order valence-electron chi connectivity index (χ4n) is 3.39. The van der Waals surface area contributed by atoms with Crippen LogP contribution in [-0.4, -0.2) is 66.7 Å². The third kappa shape index (κ3) is 5.41. The zero-order valence-electron chi connectivity index (χ0n) is 15.3. The van der Waals surface area contributed by atoms with Crippen molar-refractivity contribution in [3.05, 3.63) is 29.8 Å². The molecule has 1 unspecified atom stereocenters. The molecule has 0 amide bonds. The van der Waals surface area contributed by atoms with Gasteiger partial charge in [0.15, 0.2) is 5.96 Å². The van der Waals surface area contributed by atoms with Crippen LogP contribution >= 0.6 is 0 Å². The number of aromatic hydroxyl groups is 1. The standard InChI is InChI=1S/C19H32N4O/c1-4-20-19(21-12-11-16-8-6-10-18(24)14-16)22(3)15-17-9-7-13-23(17)5-2/h6,8,10,14,17,24H,4-5,7,9,11-13,15H2,1-3H3,(H,20,21). The molecule has 5 heteroatoms. The van der Waals surface area contributed by atoms with Crippen molar-refractivity contribution in [2.75, 3.05) is 39.8 Å². The first-order chi connectivity index (χ1) is 11.6. The molecule has 1 aliphatic rings. The van der Waals surface area contributed by atoms with Gasteiger partial charge in [0.05, 0.1) is 0 Å². The number of likely N-dealkylation sites (tertiary alicyclic amines) is 1. The van der Waals surface area contributed by atoms with E-state index in [2.05, 4.69) is 36.0 Å². The monoisotopic (exact) mass is 332 g/mol. The lowest BCUT2D eigenvalue weighted by atomic mass is 10.1. The summed E-state index contributed by atoms with van der Waals surface area (Å²) in [5, 5.41) is 12.9. The molecule has 0 saturated carbocycles. The number of likely N-dealkylation sites (N-methyl/N-ethyl adjacent to an activating group) is 2. The number of hydrogen-bond donors (Lipinski definition) is 2. The maximum Gasteiger partial charge on any atom is 0.193 e. The predicted molar refractivity (Wildman–Crippen MR) is 101 cm³/mol. The minimum absolute atomic E-state index is 0.321. The van der Waals surface area contributed by atoms with Crippen LogP contribution in [0.4, 0.5) is 0 Å². The maximum atomic E-state index is 9.54. The molecule has 2 N–H and O–H groups in total. The van der Waals surface area contributed by atoms with Crippen molar-refractivity contribution in [3.8, 4) is 5.75 Å². The summed E-state index contributed by atoms with van der Waals surface area (Å²) in [6.45, 7) is 9.31. The molecule has 0 aromatic heterocycles. The van der Waals surface area contributed by atoms with E-state index in [4.69, 9.17) is 4.99 Å². The molecule has 5 nitrogen and oxygen atoms in total. The zero-order valence-corrected chi connectivity index (χ0v) is 15.3. The van der Waals surface area contributed by atoms with Crippen LogP contribution in [0.3, 0.4) is 0 Å². The lowest BCUT2D eigenvalue weighted by Crippen LogP contribution is -2.46. The molecule has 0 spiro atoms. The van der Waals surface area contributed by atoms with Gasteiger partial charge in [-0.15, -0.1) is 0 Å². The summed E-state index contributed by atoms with van der Waals surface area (Å²) < 4.78 is 0. The van der Waals surface area contributed by atoms with Crippen LogP contribution < -0.4 is 5.32 Å². The SMILES string of the molecule is CCNC(=NCCc1cccc(O)c1)N(C)CC1CCCN1CC. The van der Waals surface area contributed by atoms with Crippen LogP contribution in [0.5, 0.6) is 5.75 Å². The molecule has 0 radical (unpaired) electrons. The highest BCUT2D eigenvalue weighted by Crippen LogP contribution is 2.17. The molecule has 1 aromatic rings. The highest BCUT2D eigenvalue weighted by atomic mass is 16.3. The van der Waals surface area contributed by atoms with Gasteiger partial charge in [-0.3, -0.25) is 9.89 Å². The smallest absolute Gasteiger partial charge is 0.193 e. The minimum atomic E-state index is 0.321. The highest BCUT2D eigenvalue weighted by molar-refractivity contribution is 5.79. The van der Waals surface area contributed by atoms with E-state index in [1.807, 2.05) is 18.2 Å². The van der Waals surface area contributed by atoms with Gasteiger partial charge in [-0.1, -0.05) is 19.1 Å². The average Bonchev–Trinajstić information content (AvgIpc) is 3.01.